The van der Waals surface area contributed by atoms with E-state index in [0.717, 1.165) is 0 Å². The van der Waals surface area contributed by atoms with Crippen molar-refractivity contribution in [1.82, 2.24) is 4.31 Å². The molecule has 0 aromatic heterocycles. The maximum Gasteiger partial charge on any atom is 0.242 e. The van der Waals surface area contributed by atoms with E-state index >= 15 is 0 Å². The number of anilines is 1. The van der Waals surface area contributed by atoms with Gasteiger partial charge in [0.2, 0.25) is 15.9 Å². The number of hydrogen-bond donors (Lipinski definition) is 2. The molecule has 1 rings (SSSR count). The van der Waals surface area contributed by atoms with Crippen LogP contribution in [-0.4, -0.2) is 52.0 Å². The first-order chi connectivity index (χ1) is 9.77. The number of rotatable bonds is 7. The van der Waals surface area contributed by atoms with Crippen molar-refractivity contribution in [2.45, 2.75) is 17.9 Å². The Hall–Kier alpha value is -1.48. The third-order valence-corrected chi connectivity index (χ3v) is 4.59. The normalized spacial score (nSPS) is 13.2. The van der Waals surface area contributed by atoms with E-state index in [2.05, 4.69) is 5.32 Å². The highest BCUT2D eigenvalue weighted by Gasteiger charge is 2.22. The Morgan fingerprint density at radius 2 is 1.95 bits per heavy atom. The van der Waals surface area contributed by atoms with E-state index in [1.807, 2.05) is 0 Å². The number of likely N-dealkylation sites (N-methyl/N-ethyl adjacent to an activating group) is 1. The second-order valence-electron chi connectivity index (χ2n) is 4.71. The smallest absolute Gasteiger partial charge is 0.242 e. The summed E-state index contributed by atoms with van der Waals surface area (Å²) in [7, 11) is -0.639. The summed E-state index contributed by atoms with van der Waals surface area (Å²) in [5.41, 5.74) is 6.30. The van der Waals surface area contributed by atoms with Gasteiger partial charge in [-0.15, -0.1) is 0 Å². The Morgan fingerprint density at radius 3 is 2.43 bits per heavy atom. The summed E-state index contributed by atoms with van der Waals surface area (Å²) >= 11 is 0. The molecule has 7 nitrogen and oxygen atoms in total. The van der Waals surface area contributed by atoms with E-state index in [-0.39, 0.29) is 24.0 Å². The largest absolute Gasteiger partial charge is 0.383 e. The van der Waals surface area contributed by atoms with Crippen molar-refractivity contribution in [3.05, 3.63) is 24.3 Å². The van der Waals surface area contributed by atoms with Crippen LogP contribution in [0.1, 0.15) is 6.92 Å². The molecule has 1 aromatic rings. The van der Waals surface area contributed by atoms with Crippen molar-refractivity contribution in [1.29, 1.82) is 0 Å². The summed E-state index contributed by atoms with van der Waals surface area (Å²) in [5, 5.41) is 2.58. The zero-order valence-electron chi connectivity index (χ0n) is 12.4. The Kier molecular flexibility index (Phi) is 6.28. The Balaban J connectivity index is 2.84. The molecule has 8 heteroatoms. The molecule has 0 saturated carbocycles. The molecule has 118 valence electrons. The van der Waals surface area contributed by atoms with Gasteiger partial charge in [-0.05, 0) is 24.3 Å². The molecule has 1 unspecified atom stereocenters. The predicted molar refractivity (Wildman–Crippen MR) is 80.4 cm³/mol. The highest BCUT2D eigenvalue weighted by molar-refractivity contribution is 7.89. The van der Waals surface area contributed by atoms with Gasteiger partial charge in [-0.1, -0.05) is 0 Å². The number of nitrogens with zero attached hydrogens (tertiary/aromatic N) is 1. The van der Waals surface area contributed by atoms with Crippen LogP contribution in [0, 0.1) is 0 Å². The zero-order valence-corrected chi connectivity index (χ0v) is 13.2. The molecule has 0 saturated heterocycles. The summed E-state index contributed by atoms with van der Waals surface area (Å²) in [6, 6.07) is 5.57. The average molecular weight is 315 g/mol. The number of ether oxygens (including phenoxy) is 1. The fourth-order valence-electron chi connectivity index (χ4n) is 1.79. The maximum absolute atomic E-state index is 12.3. The molecule has 1 amide bonds. The van der Waals surface area contributed by atoms with Crippen LogP contribution in [0.3, 0.4) is 0 Å². The van der Waals surface area contributed by atoms with Gasteiger partial charge in [-0.3, -0.25) is 4.79 Å². The van der Waals surface area contributed by atoms with Gasteiger partial charge in [-0.25, -0.2) is 8.42 Å². The average Bonchev–Trinajstić information content (AvgIpc) is 2.38. The molecule has 0 heterocycles. The van der Waals surface area contributed by atoms with Gasteiger partial charge in [0, 0.05) is 39.4 Å². The first kappa shape index (κ1) is 17.6. The SMILES string of the molecule is COCC(N)CN(C)S(=O)(=O)c1ccc(NC(C)=O)cc1. The van der Waals surface area contributed by atoms with E-state index in [0.29, 0.717) is 5.69 Å². The van der Waals surface area contributed by atoms with E-state index in [1.165, 1.54) is 49.7 Å². The van der Waals surface area contributed by atoms with Crippen LogP contribution < -0.4 is 11.1 Å². The molecule has 0 spiro atoms. The summed E-state index contributed by atoms with van der Waals surface area (Å²) in [4.78, 5) is 11.1. The van der Waals surface area contributed by atoms with E-state index in [9.17, 15) is 13.2 Å². The quantitative estimate of drug-likeness (QED) is 0.750. The monoisotopic (exact) mass is 315 g/mol. The maximum atomic E-state index is 12.3. The number of nitrogens with one attached hydrogen (secondary N) is 1. The Morgan fingerprint density at radius 1 is 1.38 bits per heavy atom. The van der Waals surface area contributed by atoms with Crippen LogP contribution >= 0.6 is 0 Å². The first-order valence-corrected chi connectivity index (χ1v) is 7.80. The lowest BCUT2D eigenvalue weighted by Gasteiger charge is -2.21. The van der Waals surface area contributed by atoms with Crippen molar-refractivity contribution >= 4 is 21.6 Å². The molecule has 1 aromatic carbocycles. The predicted octanol–water partition coefficient (Wildman–Crippen LogP) is 0.239. The molecular formula is C13H21N3O4S. The van der Waals surface area contributed by atoms with Gasteiger partial charge in [-0.2, -0.15) is 4.31 Å². The number of benzene rings is 1. The number of carbonyl (C=O) groups excluding carboxylic acids is 1. The Bertz CT molecular complexity index is 572. The summed E-state index contributed by atoms with van der Waals surface area (Å²) in [6.45, 7) is 1.82. The molecule has 1 atom stereocenters. The molecule has 0 radical (unpaired) electrons. The standard InChI is InChI=1S/C13H21N3O4S/c1-10(17)15-12-4-6-13(7-5-12)21(18,19)16(2)8-11(14)9-20-3/h4-7,11H,8-9,14H2,1-3H3,(H,15,17). The lowest BCUT2D eigenvalue weighted by atomic mass is 10.3. The number of methoxy groups -OCH3 is 1. The van der Waals surface area contributed by atoms with Crippen LogP contribution in [0.15, 0.2) is 29.2 Å². The number of sulfonamides is 1. The second-order valence-corrected chi connectivity index (χ2v) is 6.75. The van der Waals surface area contributed by atoms with Crippen molar-refractivity contribution in [3.8, 4) is 0 Å². The first-order valence-electron chi connectivity index (χ1n) is 6.36. The second kappa shape index (κ2) is 7.51. The number of amides is 1. The van der Waals surface area contributed by atoms with Crippen LogP contribution in [0.25, 0.3) is 0 Å². The summed E-state index contributed by atoms with van der Waals surface area (Å²) in [6.07, 6.45) is 0. The van der Waals surface area contributed by atoms with Gasteiger partial charge in [0.05, 0.1) is 11.5 Å². The molecule has 0 aliphatic carbocycles. The topological polar surface area (TPSA) is 102 Å². The van der Waals surface area contributed by atoms with Crippen molar-refractivity contribution in [2.24, 2.45) is 5.73 Å². The van der Waals surface area contributed by atoms with E-state index in [1.54, 1.807) is 0 Å². The van der Waals surface area contributed by atoms with Crippen molar-refractivity contribution in [2.75, 3.05) is 32.6 Å². The molecule has 0 fully saturated rings. The van der Waals surface area contributed by atoms with Crippen LogP contribution in [0.4, 0.5) is 5.69 Å². The molecule has 0 aliphatic heterocycles. The number of carbonyl (C=O) groups is 1. The molecule has 0 aliphatic rings. The fraction of sp³-hybridized carbons (Fsp3) is 0.462. The minimum atomic E-state index is -3.61. The highest BCUT2D eigenvalue weighted by Crippen LogP contribution is 2.17. The molecule has 0 bridgehead atoms. The van der Waals surface area contributed by atoms with Crippen molar-refractivity contribution in [3.63, 3.8) is 0 Å². The van der Waals surface area contributed by atoms with E-state index in [4.69, 9.17) is 10.5 Å². The van der Waals surface area contributed by atoms with Gasteiger partial charge in [0.1, 0.15) is 0 Å². The van der Waals surface area contributed by atoms with Gasteiger partial charge < -0.3 is 15.8 Å². The van der Waals surface area contributed by atoms with Crippen LogP contribution in [0.5, 0.6) is 0 Å². The van der Waals surface area contributed by atoms with Gasteiger partial charge >= 0.3 is 0 Å². The third kappa shape index (κ3) is 5.09. The summed E-state index contributed by atoms with van der Waals surface area (Å²) < 4.78 is 30.8. The lowest BCUT2D eigenvalue weighted by molar-refractivity contribution is -0.114. The lowest BCUT2D eigenvalue weighted by Crippen LogP contribution is -2.41. The van der Waals surface area contributed by atoms with Gasteiger partial charge in [0.25, 0.3) is 0 Å². The highest BCUT2D eigenvalue weighted by atomic mass is 32.2. The zero-order chi connectivity index (χ0) is 16.0. The molecule has 21 heavy (non-hydrogen) atoms. The van der Waals surface area contributed by atoms with Crippen molar-refractivity contribution < 1.29 is 17.9 Å². The minimum Gasteiger partial charge on any atom is -0.383 e. The summed E-state index contributed by atoms with van der Waals surface area (Å²) in [5.74, 6) is -0.215. The van der Waals surface area contributed by atoms with Crippen LogP contribution in [-0.2, 0) is 19.6 Å². The van der Waals surface area contributed by atoms with E-state index < -0.39 is 16.1 Å². The number of hydrogen-bond acceptors (Lipinski definition) is 5. The molecule has 3 N–H and O–H groups in total. The number of nitrogens with two attached hydrogens (primary N) is 1. The molecular weight excluding hydrogens is 294 g/mol. The fourth-order valence-corrected chi connectivity index (χ4v) is 3.02. The van der Waals surface area contributed by atoms with Crippen LogP contribution in [0.2, 0.25) is 0 Å². The Labute approximate surface area is 125 Å². The van der Waals surface area contributed by atoms with Gasteiger partial charge in [0.15, 0.2) is 0 Å². The minimum absolute atomic E-state index is 0.142. The third-order valence-electron chi connectivity index (χ3n) is 2.76.